The number of pyridine rings is 1. The number of piperazine rings is 1. The summed E-state index contributed by atoms with van der Waals surface area (Å²) in [6.07, 6.45) is 1.14. The second-order valence-electron chi connectivity index (χ2n) is 5.11. The lowest BCUT2D eigenvalue weighted by molar-refractivity contribution is -0.384. The quantitative estimate of drug-likeness (QED) is 0.663. The Kier molecular flexibility index (Phi) is 4.39. The summed E-state index contributed by atoms with van der Waals surface area (Å²) in [6, 6.07) is 3.69. The number of nitrogens with two attached hydrogens (primary N) is 1. The van der Waals surface area contributed by atoms with Gasteiger partial charge in [-0.2, -0.15) is 0 Å². The Morgan fingerprint density at radius 3 is 2.55 bits per heavy atom. The summed E-state index contributed by atoms with van der Waals surface area (Å²) < 4.78 is 0. The standard InChI is InChI=1S/C13H21N5O2/c1-3-10(2)16-6-8-17(9-7-16)12-5-4-11(18(19)20)13(14)15-12/h4-5,10H,3,6-9H2,1-2H3,(H2,14,15). The van der Waals surface area contributed by atoms with Gasteiger partial charge in [-0.1, -0.05) is 6.92 Å². The van der Waals surface area contributed by atoms with Crippen molar-refractivity contribution in [1.29, 1.82) is 0 Å². The lowest BCUT2D eigenvalue weighted by Gasteiger charge is -2.38. The minimum absolute atomic E-state index is 0.0168. The molecule has 1 aromatic heterocycles. The van der Waals surface area contributed by atoms with Crippen LogP contribution in [0.1, 0.15) is 20.3 Å². The molecule has 20 heavy (non-hydrogen) atoms. The molecule has 1 unspecified atom stereocenters. The van der Waals surface area contributed by atoms with Crippen molar-refractivity contribution in [3.63, 3.8) is 0 Å². The van der Waals surface area contributed by atoms with Crippen LogP contribution in [0.2, 0.25) is 0 Å². The van der Waals surface area contributed by atoms with E-state index in [0.717, 1.165) is 38.4 Å². The van der Waals surface area contributed by atoms with Gasteiger partial charge in [-0.05, 0) is 19.4 Å². The summed E-state index contributed by atoms with van der Waals surface area (Å²) in [5, 5.41) is 10.7. The Morgan fingerprint density at radius 1 is 1.40 bits per heavy atom. The van der Waals surface area contributed by atoms with Crippen LogP contribution in [0.25, 0.3) is 0 Å². The zero-order valence-electron chi connectivity index (χ0n) is 12.0. The van der Waals surface area contributed by atoms with E-state index >= 15 is 0 Å². The van der Waals surface area contributed by atoms with E-state index in [9.17, 15) is 10.1 Å². The van der Waals surface area contributed by atoms with Crippen LogP contribution in [0.15, 0.2) is 12.1 Å². The van der Waals surface area contributed by atoms with Crippen LogP contribution in [0, 0.1) is 10.1 Å². The number of nitrogen functional groups attached to an aromatic ring is 1. The molecular weight excluding hydrogens is 258 g/mol. The summed E-state index contributed by atoms with van der Waals surface area (Å²) in [5.41, 5.74) is 5.50. The molecule has 1 aromatic rings. The molecule has 1 aliphatic rings. The maximum atomic E-state index is 10.7. The van der Waals surface area contributed by atoms with Crippen molar-refractivity contribution in [2.75, 3.05) is 36.8 Å². The molecule has 1 saturated heterocycles. The Hall–Kier alpha value is -1.89. The predicted molar refractivity (Wildman–Crippen MR) is 78.8 cm³/mol. The van der Waals surface area contributed by atoms with Crippen LogP contribution in [-0.2, 0) is 0 Å². The molecule has 2 heterocycles. The van der Waals surface area contributed by atoms with Crippen molar-refractivity contribution in [1.82, 2.24) is 9.88 Å². The monoisotopic (exact) mass is 279 g/mol. The Morgan fingerprint density at radius 2 is 2.05 bits per heavy atom. The molecule has 2 rings (SSSR count). The highest BCUT2D eigenvalue weighted by Gasteiger charge is 2.22. The van der Waals surface area contributed by atoms with Gasteiger partial charge in [0, 0.05) is 38.3 Å². The first-order valence-electron chi connectivity index (χ1n) is 6.92. The van der Waals surface area contributed by atoms with Gasteiger partial charge in [0.1, 0.15) is 5.82 Å². The maximum Gasteiger partial charge on any atom is 0.311 e. The normalized spacial score (nSPS) is 18.0. The van der Waals surface area contributed by atoms with Crippen LogP contribution in [0.4, 0.5) is 17.3 Å². The number of nitro groups is 1. The topological polar surface area (TPSA) is 88.5 Å². The second kappa shape index (κ2) is 6.04. The molecule has 1 atom stereocenters. The predicted octanol–water partition coefficient (Wildman–Crippen LogP) is 1.49. The number of rotatable bonds is 4. The smallest absolute Gasteiger partial charge is 0.311 e. The van der Waals surface area contributed by atoms with Crippen molar-refractivity contribution in [2.24, 2.45) is 0 Å². The number of hydrogen-bond acceptors (Lipinski definition) is 6. The van der Waals surface area contributed by atoms with E-state index in [2.05, 4.69) is 28.6 Å². The molecule has 0 amide bonds. The molecule has 0 radical (unpaired) electrons. The third-order valence-electron chi connectivity index (χ3n) is 3.94. The Labute approximate surface area is 118 Å². The lowest BCUT2D eigenvalue weighted by Crippen LogP contribution is -2.49. The zero-order valence-corrected chi connectivity index (χ0v) is 12.0. The second-order valence-corrected chi connectivity index (χ2v) is 5.11. The molecule has 0 aromatic carbocycles. The van der Waals surface area contributed by atoms with Crippen LogP contribution < -0.4 is 10.6 Å². The first-order chi connectivity index (χ1) is 9.52. The van der Waals surface area contributed by atoms with Gasteiger partial charge >= 0.3 is 5.69 Å². The fraction of sp³-hybridized carbons (Fsp3) is 0.615. The average molecular weight is 279 g/mol. The molecule has 0 spiro atoms. The van der Waals surface area contributed by atoms with Gasteiger partial charge in [0.15, 0.2) is 0 Å². The third kappa shape index (κ3) is 2.98. The van der Waals surface area contributed by atoms with Crippen LogP contribution in [-0.4, -0.2) is 47.0 Å². The van der Waals surface area contributed by atoms with E-state index < -0.39 is 4.92 Å². The number of hydrogen-bond donors (Lipinski definition) is 1. The Bertz CT molecular complexity index is 486. The summed E-state index contributed by atoms with van der Waals surface area (Å²) in [5.74, 6) is 0.703. The third-order valence-corrected chi connectivity index (χ3v) is 3.94. The van der Waals surface area contributed by atoms with Gasteiger partial charge in [0.05, 0.1) is 4.92 Å². The van der Waals surface area contributed by atoms with Crippen molar-refractivity contribution in [3.8, 4) is 0 Å². The van der Waals surface area contributed by atoms with Gasteiger partial charge in [0.2, 0.25) is 5.82 Å². The highest BCUT2D eigenvalue weighted by atomic mass is 16.6. The van der Waals surface area contributed by atoms with Crippen LogP contribution in [0.5, 0.6) is 0 Å². The van der Waals surface area contributed by atoms with E-state index in [0.29, 0.717) is 6.04 Å². The van der Waals surface area contributed by atoms with Crippen molar-refractivity contribution >= 4 is 17.3 Å². The highest BCUT2D eigenvalue weighted by Crippen LogP contribution is 2.24. The molecular formula is C13H21N5O2. The molecule has 110 valence electrons. The SMILES string of the molecule is CCC(C)N1CCN(c2ccc([N+](=O)[O-])c(N)n2)CC1. The van der Waals surface area contributed by atoms with Crippen LogP contribution >= 0.6 is 0 Å². The first kappa shape index (κ1) is 14.5. The molecule has 1 fully saturated rings. The molecule has 2 N–H and O–H groups in total. The lowest BCUT2D eigenvalue weighted by atomic mass is 10.2. The maximum absolute atomic E-state index is 10.7. The van der Waals surface area contributed by atoms with Gasteiger partial charge in [-0.3, -0.25) is 15.0 Å². The van der Waals surface area contributed by atoms with E-state index in [4.69, 9.17) is 5.73 Å². The van der Waals surface area contributed by atoms with Gasteiger partial charge in [-0.25, -0.2) is 4.98 Å². The molecule has 7 nitrogen and oxygen atoms in total. The number of nitrogens with zero attached hydrogens (tertiary/aromatic N) is 4. The molecule has 1 aliphatic heterocycles. The van der Waals surface area contributed by atoms with Gasteiger partial charge in [0.25, 0.3) is 0 Å². The zero-order chi connectivity index (χ0) is 14.7. The molecule has 0 saturated carbocycles. The van der Waals surface area contributed by atoms with Crippen molar-refractivity contribution in [3.05, 3.63) is 22.2 Å². The fourth-order valence-electron chi connectivity index (χ4n) is 2.44. The highest BCUT2D eigenvalue weighted by molar-refractivity contribution is 5.58. The largest absolute Gasteiger partial charge is 0.378 e. The molecule has 0 aliphatic carbocycles. The summed E-state index contributed by atoms with van der Waals surface area (Å²) in [7, 11) is 0. The fourth-order valence-corrected chi connectivity index (χ4v) is 2.44. The van der Waals surface area contributed by atoms with E-state index in [-0.39, 0.29) is 11.5 Å². The summed E-state index contributed by atoms with van der Waals surface area (Å²) >= 11 is 0. The minimum atomic E-state index is -0.507. The van der Waals surface area contributed by atoms with Crippen molar-refractivity contribution < 1.29 is 4.92 Å². The van der Waals surface area contributed by atoms with Crippen molar-refractivity contribution in [2.45, 2.75) is 26.3 Å². The summed E-state index contributed by atoms with van der Waals surface area (Å²) in [4.78, 5) is 18.9. The minimum Gasteiger partial charge on any atom is -0.378 e. The van der Waals surface area contributed by atoms with Gasteiger partial charge in [-0.15, -0.1) is 0 Å². The van der Waals surface area contributed by atoms with E-state index in [1.807, 2.05) is 0 Å². The Balaban J connectivity index is 2.04. The van der Waals surface area contributed by atoms with Crippen LogP contribution in [0.3, 0.4) is 0 Å². The molecule has 0 bridgehead atoms. The van der Waals surface area contributed by atoms with E-state index in [1.54, 1.807) is 6.07 Å². The number of anilines is 2. The number of aromatic nitrogens is 1. The van der Waals surface area contributed by atoms with E-state index in [1.165, 1.54) is 6.07 Å². The van der Waals surface area contributed by atoms with Gasteiger partial charge < -0.3 is 10.6 Å². The average Bonchev–Trinajstić information content (AvgIpc) is 2.46. The first-order valence-corrected chi connectivity index (χ1v) is 6.92. The molecule has 7 heteroatoms. The summed E-state index contributed by atoms with van der Waals surface area (Å²) in [6.45, 7) is 8.12.